The molecular formula is C13H13F3N2O2. The molecule has 1 aromatic carbocycles. The van der Waals surface area contributed by atoms with E-state index in [0.29, 0.717) is 5.69 Å². The van der Waals surface area contributed by atoms with Crippen molar-refractivity contribution in [3.05, 3.63) is 29.8 Å². The molecule has 0 heterocycles. The minimum Gasteiger partial charge on any atom is -0.480 e. The van der Waals surface area contributed by atoms with E-state index in [1.54, 1.807) is 19.1 Å². The molecule has 1 rings (SSSR count). The molecule has 0 aliphatic rings. The molecule has 0 aromatic heterocycles. The lowest BCUT2D eigenvalue weighted by atomic mass is 10.1. The van der Waals surface area contributed by atoms with Gasteiger partial charge in [-0.2, -0.15) is 18.4 Å². The topological polar surface area (TPSA) is 64.3 Å². The highest BCUT2D eigenvalue weighted by Crippen LogP contribution is 2.28. The summed E-state index contributed by atoms with van der Waals surface area (Å²) in [5.74, 6) is -3.49. The Labute approximate surface area is 114 Å². The molecular weight excluding hydrogens is 273 g/mol. The van der Waals surface area contributed by atoms with Crippen LogP contribution >= 0.6 is 0 Å². The van der Waals surface area contributed by atoms with Gasteiger partial charge in [0.05, 0.1) is 6.07 Å². The van der Waals surface area contributed by atoms with Gasteiger partial charge in [-0.3, -0.25) is 4.79 Å². The van der Waals surface area contributed by atoms with Crippen molar-refractivity contribution in [1.29, 1.82) is 5.26 Å². The molecule has 0 aliphatic carbocycles. The lowest BCUT2D eigenvalue weighted by Gasteiger charge is -2.26. The Bertz CT molecular complexity index is 506. The van der Waals surface area contributed by atoms with Crippen LogP contribution in [0.3, 0.4) is 0 Å². The van der Waals surface area contributed by atoms with Crippen molar-refractivity contribution in [1.82, 2.24) is 0 Å². The predicted molar refractivity (Wildman–Crippen MR) is 66.2 cm³/mol. The number of hydrogen-bond donors (Lipinski definition) is 1. The Morgan fingerprint density at radius 1 is 1.40 bits per heavy atom. The Morgan fingerprint density at radius 3 is 2.35 bits per heavy atom. The summed E-state index contributed by atoms with van der Waals surface area (Å²) in [4.78, 5) is 11.8. The normalized spacial score (nSPS) is 12.6. The minimum absolute atomic E-state index is 0.336. The van der Waals surface area contributed by atoms with E-state index in [1.165, 1.54) is 18.2 Å². The molecule has 1 unspecified atom stereocenters. The Hall–Kier alpha value is -2.23. The van der Waals surface area contributed by atoms with Crippen LogP contribution in [0.2, 0.25) is 0 Å². The summed E-state index contributed by atoms with van der Waals surface area (Å²) in [5, 5.41) is 17.4. The van der Waals surface area contributed by atoms with Crippen molar-refractivity contribution in [2.24, 2.45) is 5.92 Å². The molecule has 0 fully saturated rings. The fourth-order valence-corrected chi connectivity index (χ4v) is 1.62. The van der Waals surface area contributed by atoms with E-state index in [0.717, 1.165) is 10.5 Å². The Morgan fingerprint density at radius 2 is 1.95 bits per heavy atom. The second-order valence-electron chi connectivity index (χ2n) is 4.33. The second-order valence-corrected chi connectivity index (χ2v) is 4.33. The summed E-state index contributed by atoms with van der Waals surface area (Å²) in [6.45, 7) is 0.492. The van der Waals surface area contributed by atoms with Gasteiger partial charge in [0.2, 0.25) is 0 Å². The van der Waals surface area contributed by atoms with Crippen LogP contribution in [0, 0.1) is 24.2 Å². The van der Waals surface area contributed by atoms with Crippen LogP contribution in [0.25, 0.3) is 0 Å². The van der Waals surface area contributed by atoms with E-state index >= 15 is 0 Å². The maximum Gasteiger partial charge on any atom is 0.406 e. The van der Waals surface area contributed by atoms with Gasteiger partial charge in [-0.1, -0.05) is 17.7 Å². The monoisotopic (exact) mass is 286 g/mol. The number of halogens is 3. The molecule has 7 heteroatoms. The van der Waals surface area contributed by atoms with Crippen molar-refractivity contribution in [2.75, 3.05) is 18.0 Å². The molecule has 0 saturated carbocycles. The van der Waals surface area contributed by atoms with Gasteiger partial charge in [-0.05, 0) is 19.1 Å². The first-order valence-electron chi connectivity index (χ1n) is 5.73. The van der Waals surface area contributed by atoms with Crippen LogP contribution in [0.4, 0.5) is 18.9 Å². The first-order chi connectivity index (χ1) is 9.24. The molecule has 1 atom stereocenters. The zero-order chi connectivity index (χ0) is 15.3. The molecule has 108 valence electrons. The number of carboxylic acid groups (broad SMARTS) is 1. The predicted octanol–water partition coefficient (Wildman–Crippen LogP) is 2.59. The Kier molecular flexibility index (Phi) is 4.97. The van der Waals surface area contributed by atoms with Crippen molar-refractivity contribution in [2.45, 2.75) is 13.1 Å². The van der Waals surface area contributed by atoms with E-state index < -0.39 is 31.2 Å². The van der Waals surface area contributed by atoms with Crippen molar-refractivity contribution in [3.63, 3.8) is 0 Å². The lowest BCUT2D eigenvalue weighted by molar-refractivity contribution is -0.157. The number of benzene rings is 1. The zero-order valence-electron chi connectivity index (χ0n) is 10.7. The molecule has 0 spiro atoms. The number of alkyl halides is 3. The molecule has 0 amide bonds. The first kappa shape index (κ1) is 15.8. The largest absolute Gasteiger partial charge is 0.480 e. The highest BCUT2D eigenvalue weighted by atomic mass is 19.4. The van der Waals surface area contributed by atoms with Gasteiger partial charge in [-0.15, -0.1) is 0 Å². The number of aliphatic carboxylic acids is 1. The van der Waals surface area contributed by atoms with Gasteiger partial charge >= 0.3 is 12.1 Å². The van der Waals surface area contributed by atoms with Gasteiger partial charge in [0.25, 0.3) is 0 Å². The molecule has 0 aliphatic heterocycles. The van der Waals surface area contributed by atoms with Gasteiger partial charge in [0.15, 0.2) is 5.92 Å². The van der Waals surface area contributed by atoms with E-state index in [1.807, 2.05) is 0 Å². The molecule has 4 nitrogen and oxygen atoms in total. The molecule has 20 heavy (non-hydrogen) atoms. The van der Waals surface area contributed by atoms with Crippen LogP contribution in [0.1, 0.15) is 5.56 Å². The fourth-order valence-electron chi connectivity index (χ4n) is 1.62. The molecule has 0 radical (unpaired) electrons. The highest BCUT2D eigenvalue weighted by Gasteiger charge is 2.41. The number of carbonyl (C=O) groups is 1. The first-order valence-corrected chi connectivity index (χ1v) is 5.73. The van der Waals surface area contributed by atoms with Gasteiger partial charge in [0, 0.05) is 12.2 Å². The average molecular weight is 286 g/mol. The molecule has 1 N–H and O–H groups in total. The summed E-state index contributed by atoms with van der Waals surface area (Å²) in [5.41, 5.74) is 1.24. The van der Waals surface area contributed by atoms with Gasteiger partial charge < -0.3 is 10.0 Å². The summed E-state index contributed by atoms with van der Waals surface area (Å²) in [7, 11) is 0. The zero-order valence-corrected chi connectivity index (χ0v) is 10.7. The molecule has 0 saturated heterocycles. The van der Waals surface area contributed by atoms with Crippen LogP contribution in [0.5, 0.6) is 0 Å². The standard InChI is InChI=1S/C13H13F3N2O2/c1-9-2-4-11(5-3-9)18(8-12(19)20)7-10(6-17)13(14,15)16/h2-5,10H,7-8H2,1H3,(H,19,20). The third-order valence-electron chi connectivity index (χ3n) is 2.68. The average Bonchev–Trinajstić information content (AvgIpc) is 2.33. The minimum atomic E-state index is -4.68. The van der Waals surface area contributed by atoms with Crippen LogP contribution in [0.15, 0.2) is 24.3 Å². The van der Waals surface area contributed by atoms with Crippen molar-refractivity contribution >= 4 is 11.7 Å². The number of nitriles is 1. The number of nitrogens with zero attached hydrogens (tertiary/aromatic N) is 2. The maximum atomic E-state index is 12.6. The molecule has 1 aromatic rings. The third-order valence-corrected chi connectivity index (χ3v) is 2.68. The Balaban J connectivity index is 2.98. The number of anilines is 1. The highest BCUT2D eigenvalue weighted by molar-refractivity contribution is 5.73. The lowest BCUT2D eigenvalue weighted by Crippen LogP contribution is -2.39. The fraction of sp³-hybridized carbons (Fsp3) is 0.385. The van der Waals surface area contributed by atoms with E-state index in [9.17, 15) is 18.0 Å². The summed E-state index contributed by atoms with van der Waals surface area (Å²) in [6.07, 6.45) is -4.68. The van der Waals surface area contributed by atoms with Crippen LogP contribution < -0.4 is 4.90 Å². The quantitative estimate of drug-likeness (QED) is 0.903. The maximum absolute atomic E-state index is 12.6. The SMILES string of the molecule is Cc1ccc(N(CC(=O)O)CC(C#N)C(F)(F)F)cc1. The van der Waals surface area contributed by atoms with E-state index in [-0.39, 0.29) is 0 Å². The van der Waals surface area contributed by atoms with Crippen molar-refractivity contribution < 1.29 is 23.1 Å². The number of aryl methyl sites for hydroxylation is 1. The van der Waals surface area contributed by atoms with Gasteiger partial charge in [0.1, 0.15) is 6.54 Å². The number of hydrogen-bond acceptors (Lipinski definition) is 3. The number of rotatable bonds is 5. The summed E-state index contributed by atoms with van der Waals surface area (Å²) < 4.78 is 37.8. The molecule has 0 bridgehead atoms. The summed E-state index contributed by atoms with van der Waals surface area (Å²) >= 11 is 0. The smallest absolute Gasteiger partial charge is 0.406 e. The van der Waals surface area contributed by atoms with Crippen LogP contribution in [-0.2, 0) is 4.79 Å². The van der Waals surface area contributed by atoms with Gasteiger partial charge in [-0.25, -0.2) is 0 Å². The van der Waals surface area contributed by atoms with Crippen LogP contribution in [-0.4, -0.2) is 30.3 Å². The van der Waals surface area contributed by atoms with Crippen molar-refractivity contribution in [3.8, 4) is 6.07 Å². The number of carboxylic acids is 1. The third kappa shape index (κ3) is 4.46. The summed E-state index contributed by atoms with van der Waals surface area (Å²) in [6, 6.07) is 7.56. The van der Waals surface area contributed by atoms with E-state index in [2.05, 4.69) is 0 Å². The van der Waals surface area contributed by atoms with E-state index in [4.69, 9.17) is 10.4 Å². The second kappa shape index (κ2) is 6.28.